The SMILES string of the molecule is CCOCCCNC(=NCC1CCCCS1)NN. The second-order valence-electron chi connectivity index (χ2n) is 4.30. The number of guanidine groups is 1. The number of nitrogens with two attached hydrogens (primary N) is 1. The van der Waals surface area contributed by atoms with E-state index in [0.29, 0.717) is 11.2 Å². The first kappa shape index (κ1) is 15.6. The maximum absolute atomic E-state index is 5.45. The van der Waals surface area contributed by atoms with E-state index >= 15 is 0 Å². The molecule has 0 bridgehead atoms. The molecule has 1 aliphatic rings. The van der Waals surface area contributed by atoms with Gasteiger partial charge in [-0.25, -0.2) is 5.84 Å². The highest BCUT2D eigenvalue weighted by atomic mass is 32.2. The normalized spacial score (nSPS) is 20.8. The molecule has 0 radical (unpaired) electrons. The van der Waals surface area contributed by atoms with Gasteiger partial charge in [0.1, 0.15) is 0 Å². The van der Waals surface area contributed by atoms with Gasteiger partial charge in [0.15, 0.2) is 0 Å². The maximum Gasteiger partial charge on any atom is 0.205 e. The summed E-state index contributed by atoms with van der Waals surface area (Å²) in [6.07, 6.45) is 4.92. The minimum atomic E-state index is 0.660. The van der Waals surface area contributed by atoms with Crippen LogP contribution in [0.1, 0.15) is 32.6 Å². The van der Waals surface area contributed by atoms with Crippen molar-refractivity contribution in [2.75, 3.05) is 32.1 Å². The van der Waals surface area contributed by atoms with Gasteiger partial charge in [-0.1, -0.05) is 6.42 Å². The maximum atomic E-state index is 5.45. The Hall–Kier alpha value is -0.460. The van der Waals surface area contributed by atoms with Gasteiger partial charge < -0.3 is 10.1 Å². The highest BCUT2D eigenvalue weighted by Gasteiger charge is 2.13. The Kier molecular flexibility index (Phi) is 9.06. The molecular formula is C12H26N4OS. The first-order chi connectivity index (χ1) is 8.86. The van der Waals surface area contributed by atoms with E-state index < -0.39 is 0 Å². The fraction of sp³-hybridized carbons (Fsp3) is 0.917. The molecule has 1 rings (SSSR count). The zero-order valence-corrected chi connectivity index (χ0v) is 12.1. The van der Waals surface area contributed by atoms with Gasteiger partial charge in [-0.05, 0) is 31.9 Å². The topological polar surface area (TPSA) is 71.7 Å². The molecule has 106 valence electrons. The number of nitrogens with zero attached hydrogens (tertiary/aromatic N) is 1. The van der Waals surface area contributed by atoms with Crippen molar-refractivity contribution in [3.8, 4) is 0 Å². The van der Waals surface area contributed by atoms with E-state index in [9.17, 15) is 0 Å². The first-order valence-electron chi connectivity index (χ1n) is 6.81. The second-order valence-corrected chi connectivity index (χ2v) is 5.71. The molecule has 18 heavy (non-hydrogen) atoms. The molecule has 1 heterocycles. The predicted molar refractivity (Wildman–Crippen MR) is 78.8 cm³/mol. The number of aliphatic imine (C=N–C) groups is 1. The molecule has 6 heteroatoms. The predicted octanol–water partition coefficient (Wildman–Crippen LogP) is 1.11. The average Bonchev–Trinajstić information content (AvgIpc) is 2.43. The van der Waals surface area contributed by atoms with Crippen LogP contribution in [0.3, 0.4) is 0 Å². The lowest BCUT2D eigenvalue weighted by molar-refractivity contribution is 0.145. The zero-order valence-electron chi connectivity index (χ0n) is 11.3. The molecule has 0 spiro atoms. The fourth-order valence-corrected chi connectivity index (χ4v) is 3.04. The lowest BCUT2D eigenvalue weighted by Crippen LogP contribution is -2.42. The number of thioether (sulfide) groups is 1. The third-order valence-corrected chi connectivity index (χ3v) is 4.21. The van der Waals surface area contributed by atoms with Crippen molar-refractivity contribution in [1.29, 1.82) is 0 Å². The van der Waals surface area contributed by atoms with Crippen LogP contribution in [0.4, 0.5) is 0 Å². The standard InChI is InChI=1S/C12H26N4OS/c1-2-17-8-5-7-14-12(16-13)15-10-11-6-3-4-9-18-11/h11H,2-10,13H2,1H3,(H2,14,15,16). The second kappa shape index (κ2) is 10.5. The van der Waals surface area contributed by atoms with Crippen LogP contribution >= 0.6 is 11.8 Å². The number of ether oxygens (including phenoxy) is 1. The van der Waals surface area contributed by atoms with Crippen molar-refractivity contribution >= 4 is 17.7 Å². The van der Waals surface area contributed by atoms with Gasteiger partial charge in [-0.15, -0.1) is 0 Å². The number of hydrogen-bond donors (Lipinski definition) is 3. The zero-order chi connectivity index (χ0) is 13.1. The number of nitrogens with one attached hydrogen (secondary N) is 2. The largest absolute Gasteiger partial charge is 0.382 e. The lowest BCUT2D eigenvalue weighted by atomic mass is 10.2. The highest BCUT2D eigenvalue weighted by Crippen LogP contribution is 2.24. The molecule has 0 aromatic rings. The van der Waals surface area contributed by atoms with Crippen LogP contribution in [0, 0.1) is 0 Å². The van der Waals surface area contributed by atoms with Gasteiger partial charge in [-0.2, -0.15) is 11.8 Å². The van der Waals surface area contributed by atoms with Crippen molar-refractivity contribution in [3.63, 3.8) is 0 Å². The van der Waals surface area contributed by atoms with E-state index in [1.54, 1.807) is 0 Å². The van der Waals surface area contributed by atoms with Crippen molar-refractivity contribution in [2.24, 2.45) is 10.8 Å². The van der Waals surface area contributed by atoms with Crippen molar-refractivity contribution in [2.45, 2.75) is 37.9 Å². The van der Waals surface area contributed by atoms with Gasteiger partial charge in [-0.3, -0.25) is 10.4 Å². The van der Waals surface area contributed by atoms with Gasteiger partial charge in [0.2, 0.25) is 5.96 Å². The van der Waals surface area contributed by atoms with Crippen LogP contribution in [0.5, 0.6) is 0 Å². The van der Waals surface area contributed by atoms with Gasteiger partial charge in [0.05, 0.1) is 6.54 Å². The Morgan fingerprint density at radius 3 is 3.06 bits per heavy atom. The molecule has 1 fully saturated rings. The summed E-state index contributed by atoms with van der Waals surface area (Å²) in [5.41, 5.74) is 2.62. The molecular weight excluding hydrogens is 248 g/mol. The Morgan fingerprint density at radius 1 is 1.50 bits per heavy atom. The average molecular weight is 274 g/mol. The summed E-state index contributed by atoms with van der Waals surface area (Å²) in [6, 6.07) is 0. The quantitative estimate of drug-likeness (QED) is 0.213. The van der Waals surface area contributed by atoms with Crippen LogP contribution in [0.25, 0.3) is 0 Å². The van der Waals surface area contributed by atoms with E-state index in [2.05, 4.69) is 15.7 Å². The molecule has 5 nitrogen and oxygen atoms in total. The van der Waals surface area contributed by atoms with Crippen LogP contribution in [0.15, 0.2) is 4.99 Å². The summed E-state index contributed by atoms with van der Waals surface area (Å²) in [7, 11) is 0. The van der Waals surface area contributed by atoms with Crippen LogP contribution in [-0.4, -0.2) is 43.3 Å². The molecule has 0 aromatic heterocycles. The highest BCUT2D eigenvalue weighted by molar-refractivity contribution is 7.99. The molecule has 0 aromatic carbocycles. The Bertz CT molecular complexity index is 232. The summed E-state index contributed by atoms with van der Waals surface area (Å²) in [6.45, 7) is 5.24. The summed E-state index contributed by atoms with van der Waals surface area (Å²) >= 11 is 2.03. The number of hydrazine groups is 1. The van der Waals surface area contributed by atoms with Crippen LogP contribution in [-0.2, 0) is 4.74 Å². The van der Waals surface area contributed by atoms with Gasteiger partial charge >= 0.3 is 0 Å². The van der Waals surface area contributed by atoms with Gasteiger partial charge in [0.25, 0.3) is 0 Å². The number of rotatable bonds is 7. The lowest BCUT2D eigenvalue weighted by Gasteiger charge is -2.19. The monoisotopic (exact) mass is 274 g/mol. The molecule has 0 aliphatic carbocycles. The summed E-state index contributed by atoms with van der Waals surface area (Å²) in [4.78, 5) is 4.49. The fourth-order valence-electron chi connectivity index (χ4n) is 1.82. The minimum absolute atomic E-state index is 0.660. The van der Waals surface area contributed by atoms with E-state index in [0.717, 1.165) is 32.7 Å². The van der Waals surface area contributed by atoms with E-state index in [-0.39, 0.29) is 0 Å². The molecule has 1 unspecified atom stereocenters. The van der Waals surface area contributed by atoms with Crippen molar-refractivity contribution in [3.05, 3.63) is 0 Å². The third-order valence-electron chi connectivity index (χ3n) is 2.83. The van der Waals surface area contributed by atoms with Gasteiger partial charge in [0, 0.05) is 25.0 Å². The molecule has 0 amide bonds. The minimum Gasteiger partial charge on any atom is -0.382 e. The van der Waals surface area contributed by atoms with Crippen LogP contribution in [0.2, 0.25) is 0 Å². The van der Waals surface area contributed by atoms with Crippen molar-refractivity contribution in [1.82, 2.24) is 10.7 Å². The smallest absolute Gasteiger partial charge is 0.205 e. The third kappa shape index (κ3) is 7.08. The summed E-state index contributed by atoms with van der Waals surface area (Å²) in [5, 5.41) is 3.85. The van der Waals surface area contributed by atoms with E-state index in [1.807, 2.05) is 18.7 Å². The Balaban J connectivity index is 2.13. The molecule has 1 atom stereocenters. The Labute approximate surface area is 114 Å². The van der Waals surface area contributed by atoms with Crippen molar-refractivity contribution < 1.29 is 4.74 Å². The number of hydrogen-bond acceptors (Lipinski definition) is 4. The molecule has 1 saturated heterocycles. The van der Waals surface area contributed by atoms with Crippen LogP contribution < -0.4 is 16.6 Å². The molecule has 4 N–H and O–H groups in total. The molecule has 0 saturated carbocycles. The first-order valence-corrected chi connectivity index (χ1v) is 7.86. The van der Waals surface area contributed by atoms with E-state index in [4.69, 9.17) is 10.6 Å². The summed E-state index contributed by atoms with van der Waals surface area (Å²) in [5.74, 6) is 7.41. The summed E-state index contributed by atoms with van der Waals surface area (Å²) < 4.78 is 5.27. The van der Waals surface area contributed by atoms with E-state index in [1.165, 1.54) is 25.0 Å². The molecule has 1 aliphatic heterocycles. The Morgan fingerprint density at radius 2 is 2.39 bits per heavy atom.